The summed E-state index contributed by atoms with van der Waals surface area (Å²) in [5.74, 6) is 1.83. The van der Waals surface area contributed by atoms with Gasteiger partial charge in [-0.15, -0.1) is 0 Å². The van der Waals surface area contributed by atoms with Crippen molar-refractivity contribution in [3.05, 3.63) is 23.8 Å². The van der Waals surface area contributed by atoms with Crippen LogP contribution in [0.3, 0.4) is 0 Å². The van der Waals surface area contributed by atoms with Crippen molar-refractivity contribution in [3.63, 3.8) is 0 Å². The molecule has 0 heterocycles. The molecule has 0 amide bonds. The number of esters is 1. The molecule has 0 spiro atoms. The van der Waals surface area contributed by atoms with E-state index in [0.29, 0.717) is 37.2 Å². The van der Waals surface area contributed by atoms with Gasteiger partial charge in [-0.25, -0.2) is 0 Å². The van der Waals surface area contributed by atoms with Crippen LogP contribution >= 0.6 is 0 Å². The van der Waals surface area contributed by atoms with Crippen LogP contribution in [0.25, 0.3) is 0 Å². The van der Waals surface area contributed by atoms with Crippen LogP contribution in [0.2, 0.25) is 0 Å². The summed E-state index contributed by atoms with van der Waals surface area (Å²) in [7, 11) is 0. The molecule has 0 saturated heterocycles. The fraction of sp³-hybridized carbons (Fsp3) is 0.769. The van der Waals surface area contributed by atoms with E-state index in [-0.39, 0.29) is 28.7 Å². The number of carbonyl (C=O) groups excluding carboxylic acids is 2. The fourth-order valence-electron chi connectivity index (χ4n) is 7.28. The molecule has 6 atom stereocenters. The van der Waals surface area contributed by atoms with E-state index in [1.165, 1.54) is 5.57 Å². The summed E-state index contributed by atoms with van der Waals surface area (Å²) < 4.78 is 5.20. The number of unbranched alkanes of at least 4 members (excludes halogenated alkanes) is 2. The van der Waals surface area contributed by atoms with Gasteiger partial charge >= 0.3 is 5.97 Å². The van der Waals surface area contributed by atoms with Crippen molar-refractivity contribution < 1.29 is 19.4 Å². The van der Waals surface area contributed by atoms with Crippen LogP contribution in [-0.4, -0.2) is 29.6 Å². The van der Waals surface area contributed by atoms with Gasteiger partial charge in [0.2, 0.25) is 0 Å². The molecular formula is C26H38O4. The van der Waals surface area contributed by atoms with Crippen LogP contribution in [0.1, 0.15) is 84.5 Å². The minimum atomic E-state index is -0.188. The first-order chi connectivity index (χ1) is 14.4. The second-order valence-electron chi connectivity index (χ2n) is 10.4. The molecule has 4 heteroatoms. The topological polar surface area (TPSA) is 63.6 Å². The van der Waals surface area contributed by atoms with Crippen molar-refractivity contribution in [3.8, 4) is 0 Å². The van der Waals surface area contributed by atoms with Crippen LogP contribution in [0.4, 0.5) is 0 Å². The second-order valence-corrected chi connectivity index (χ2v) is 10.4. The molecule has 1 N–H and O–H groups in total. The van der Waals surface area contributed by atoms with Crippen molar-refractivity contribution in [2.75, 3.05) is 6.61 Å². The highest BCUT2D eigenvalue weighted by molar-refractivity contribution is 5.92. The average Bonchev–Trinajstić information content (AvgIpc) is 3.07. The molecule has 0 bridgehead atoms. The maximum absolute atomic E-state index is 12.0. The molecule has 4 nitrogen and oxygen atoms in total. The number of rotatable bonds is 7. The number of allylic oxidation sites excluding steroid dienone is 4. The Morgan fingerprint density at radius 2 is 2.00 bits per heavy atom. The molecule has 30 heavy (non-hydrogen) atoms. The lowest BCUT2D eigenvalue weighted by Crippen LogP contribution is -2.50. The Morgan fingerprint density at radius 3 is 2.80 bits per heavy atom. The Labute approximate surface area is 181 Å². The smallest absolute Gasteiger partial charge is 0.305 e. The molecule has 4 rings (SSSR count). The molecule has 4 aliphatic carbocycles. The van der Waals surface area contributed by atoms with Crippen molar-refractivity contribution in [2.24, 2.45) is 28.6 Å². The SMILES string of the molecule is CCC(=O)OCCCCC[C@]12CC[C@H]3[C@@H](C=CC4=CC(=O)CC[C@@]43C)[C@@H]1CC[C@@H]2O. The number of hydrogen-bond acceptors (Lipinski definition) is 4. The highest BCUT2D eigenvalue weighted by Gasteiger charge is 2.59. The largest absolute Gasteiger partial charge is 0.466 e. The van der Waals surface area contributed by atoms with Gasteiger partial charge in [-0.3, -0.25) is 9.59 Å². The first-order valence-corrected chi connectivity index (χ1v) is 12.2. The lowest BCUT2D eigenvalue weighted by atomic mass is 9.48. The van der Waals surface area contributed by atoms with E-state index in [1.807, 2.05) is 13.0 Å². The minimum absolute atomic E-state index is 0.0493. The van der Waals surface area contributed by atoms with Gasteiger partial charge in [0, 0.05) is 12.8 Å². The molecule has 4 aliphatic rings. The van der Waals surface area contributed by atoms with E-state index in [0.717, 1.165) is 57.8 Å². The second kappa shape index (κ2) is 8.61. The average molecular weight is 415 g/mol. The third-order valence-corrected chi connectivity index (χ3v) is 9.02. The van der Waals surface area contributed by atoms with Gasteiger partial charge in [0.25, 0.3) is 0 Å². The molecule has 0 aromatic rings. The Bertz CT molecular complexity index is 737. The van der Waals surface area contributed by atoms with Gasteiger partial charge in [-0.1, -0.05) is 38.8 Å². The first kappa shape index (κ1) is 21.8. The van der Waals surface area contributed by atoms with Crippen LogP contribution in [0.15, 0.2) is 23.8 Å². The van der Waals surface area contributed by atoms with Gasteiger partial charge in [0.15, 0.2) is 5.78 Å². The summed E-state index contributed by atoms with van der Waals surface area (Å²) in [6.45, 7) is 4.72. The first-order valence-electron chi connectivity index (χ1n) is 12.2. The normalized spacial score (nSPS) is 39.7. The standard InChI is InChI=1S/C26H38O4/c1-3-24(29)30-16-6-4-5-13-26-15-12-21-20(22(26)9-10-23(26)28)8-7-18-17-19(27)11-14-25(18,21)2/h7-8,17,20-23,28H,3-6,9-16H2,1-2H3/t20-,21+,22+,23+,25+,26+/m1/s1. The monoisotopic (exact) mass is 414 g/mol. The minimum Gasteiger partial charge on any atom is -0.466 e. The number of carbonyl (C=O) groups is 2. The quantitative estimate of drug-likeness (QED) is 0.462. The van der Waals surface area contributed by atoms with Crippen LogP contribution in [-0.2, 0) is 14.3 Å². The third-order valence-electron chi connectivity index (χ3n) is 9.02. The molecule has 0 aromatic carbocycles. The number of aliphatic hydroxyl groups is 1. The lowest BCUT2D eigenvalue weighted by molar-refractivity contribution is -0.143. The van der Waals surface area contributed by atoms with E-state index in [9.17, 15) is 14.7 Å². The summed E-state index contributed by atoms with van der Waals surface area (Å²) >= 11 is 0. The molecule has 0 aliphatic heterocycles. The number of fused-ring (bicyclic) bond motifs is 5. The zero-order valence-corrected chi connectivity index (χ0v) is 18.7. The molecule has 0 aromatic heterocycles. The van der Waals surface area contributed by atoms with Crippen LogP contribution < -0.4 is 0 Å². The van der Waals surface area contributed by atoms with Crippen molar-refractivity contribution >= 4 is 11.8 Å². The molecule has 0 radical (unpaired) electrons. The van der Waals surface area contributed by atoms with Crippen LogP contribution in [0.5, 0.6) is 0 Å². The molecule has 0 unspecified atom stereocenters. The number of aliphatic hydroxyl groups excluding tert-OH is 1. The number of hydrogen-bond donors (Lipinski definition) is 1. The Kier molecular flexibility index (Phi) is 6.25. The van der Waals surface area contributed by atoms with Gasteiger partial charge in [-0.2, -0.15) is 0 Å². The summed E-state index contributed by atoms with van der Waals surface area (Å²) in [6.07, 6.45) is 16.9. The zero-order chi connectivity index (χ0) is 21.4. The highest BCUT2D eigenvalue weighted by Crippen LogP contribution is 2.65. The maximum Gasteiger partial charge on any atom is 0.305 e. The summed E-state index contributed by atoms with van der Waals surface area (Å²) in [4.78, 5) is 23.3. The lowest BCUT2D eigenvalue weighted by Gasteiger charge is -2.56. The Hall–Kier alpha value is -1.42. The van der Waals surface area contributed by atoms with E-state index >= 15 is 0 Å². The summed E-state index contributed by atoms with van der Waals surface area (Å²) in [5, 5.41) is 11.1. The zero-order valence-electron chi connectivity index (χ0n) is 18.7. The molecule has 2 saturated carbocycles. The van der Waals surface area contributed by atoms with E-state index in [1.54, 1.807) is 0 Å². The van der Waals surface area contributed by atoms with E-state index in [4.69, 9.17) is 4.74 Å². The predicted octanol–water partition coefficient (Wildman–Crippen LogP) is 5.15. The number of ether oxygens (including phenoxy) is 1. The molecular weight excluding hydrogens is 376 g/mol. The van der Waals surface area contributed by atoms with Crippen molar-refractivity contribution in [2.45, 2.75) is 90.6 Å². The maximum atomic E-state index is 12.0. The van der Waals surface area contributed by atoms with E-state index < -0.39 is 0 Å². The van der Waals surface area contributed by atoms with Crippen molar-refractivity contribution in [1.29, 1.82) is 0 Å². The van der Waals surface area contributed by atoms with Crippen LogP contribution in [0, 0.1) is 28.6 Å². The summed E-state index contributed by atoms with van der Waals surface area (Å²) in [5.41, 5.74) is 1.41. The third kappa shape index (κ3) is 3.70. The highest BCUT2D eigenvalue weighted by atomic mass is 16.5. The Balaban J connectivity index is 1.43. The van der Waals surface area contributed by atoms with E-state index in [2.05, 4.69) is 19.1 Å². The fourth-order valence-corrected chi connectivity index (χ4v) is 7.28. The van der Waals surface area contributed by atoms with Gasteiger partial charge in [0.05, 0.1) is 12.7 Å². The predicted molar refractivity (Wildman–Crippen MR) is 117 cm³/mol. The molecule has 166 valence electrons. The summed E-state index contributed by atoms with van der Waals surface area (Å²) in [6, 6.07) is 0. The Morgan fingerprint density at radius 1 is 1.17 bits per heavy atom. The van der Waals surface area contributed by atoms with Gasteiger partial charge < -0.3 is 9.84 Å². The molecule has 2 fully saturated rings. The number of ketones is 1. The van der Waals surface area contributed by atoms with Gasteiger partial charge in [-0.05, 0) is 85.2 Å². The van der Waals surface area contributed by atoms with Crippen molar-refractivity contribution in [1.82, 2.24) is 0 Å². The van der Waals surface area contributed by atoms with Gasteiger partial charge in [0.1, 0.15) is 0 Å².